The summed E-state index contributed by atoms with van der Waals surface area (Å²) in [6, 6.07) is 3.85. The average Bonchev–Trinajstić information content (AvgIpc) is 2.78. The lowest BCUT2D eigenvalue weighted by atomic mass is 10.1. The molecule has 0 saturated carbocycles. The minimum Gasteiger partial charge on any atom is -0.481 e. The third-order valence-corrected chi connectivity index (χ3v) is 2.93. The van der Waals surface area contributed by atoms with Gasteiger partial charge in [-0.05, 0) is 25.0 Å². The van der Waals surface area contributed by atoms with Gasteiger partial charge in [0, 0.05) is 13.1 Å². The van der Waals surface area contributed by atoms with E-state index >= 15 is 0 Å². The Hall–Kier alpha value is -1.65. The smallest absolute Gasteiger partial charge is 0.308 e. The SMILES string of the molecule is CCc1ccc(N2CCC(C(=O)O)C2)nn1. The van der Waals surface area contributed by atoms with Crippen molar-refractivity contribution in [3.63, 3.8) is 0 Å². The number of aromatic nitrogens is 2. The van der Waals surface area contributed by atoms with Crippen LogP contribution in [0.3, 0.4) is 0 Å². The molecule has 1 N–H and O–H groups in total. The first-order chi connectivity index (χ1) is 7.70. The van der Waals surface area contributed by atoms with Gasteiger partial charge in [-0.1, -0.05) is 6.92 Å². The maximum Gasteiger partial charge on any atom is 0.308 e. The van der Waals surface area contributed by atoms with Crippen molar-refractivity contribution in [2.45, 2.75) is 19.8 Å². The summed E-state index contributed by atoms with van der Waals surface area (Å²) in [6.45, 7) is 3.31. The molecule has 0 aromatic carbocycles. The molecule has 1 aliphatic rings. The maximum absolute atomic E-state index is 10.8. The molecule has 5 heteroatoms. The number of rotatable bonds is 3. The number of aryl methyl sites for hydroxylation is 1. The summed E-state index contributed by atoms with van der Waals surface area (Å²) < 4.78 is 0. The predicted molar refractivity (Wildman–Crippen MR) is 59.4 cm³/mol. The third-order valence-electron chi connectivity index (χ3n) is 2.93. The van der Waals surface area contributed by atoms with Crippen molar-refractivity contribution in [1.29, 1.82) is 0 Å². The minimum atomic E-state index is -0.722. The van der Waals surface area contributed by atoms with Gasteiger partial charge in [-0.2, -0.15) is 5.10 Å². The largest absolute Gasteiger partial charge is 0.481 e. The van der Waals surface area contributed by atoms with E-state index in [1.165, 1.54) is 0 Å². The average molecular weight is 221 g/mol. The second-order valence-electron chi connectivity index (χ2n) is 4.01. The normalized spacial score (nSPS) is 20.1. The summed E-state index contributed by atoms with van der Waals surface area (Å²) in [7, 11) is 0. The highest BCUT2D eigenvalue weighted by Gasteiger charge is 2.28. The number of hydrogen-bond acceptors (Lipinski definition) is 4. The highest BCUT2D eigenvalue weighted by molar-refractivity contribution is 5.71. The van der Waals surface area contributed by atoms with E-state index in [-0.39, 0.29) is 5.92 Å². The zero-order chi connectivity index (χ0) is 11.5. The Bertz CT molecular complexity index is 377. The van der Waals surface area contributed by atoms with Crippen LogP contribution in [0.5, 0.6) is 0 Å². The van der Waals surface area contributed by atoms with Gasteiger partial charge in [-0.15, -0.1) is 5.10 Å². The Balaban J connectivity index is 2.05. The van der Waals surface area contributed by atoms with E-state index in [1.807, 2.05) is 24.0 Å². The van der Waals surface area contributed by atoms with Gasteiger partial charge in [0.1, 0.15) is 0 Å². The molecule has 1 aliphatic heterocycles. The molecule has 16 heavy (non-hydrogen) atoms. The van der Waals surface area contributed by atoms with E-state index < -0.39 is 5.97 Å². The number of hydrogen-bond donors (Lipinski definition) is 1. The monoisotopic (exact) mass is 221 g/mol. The van der Waals surface area contributed by atoms with Crippen LogP contribution < -0.4 is 4.90 Å². The van der Waals surface area contributed by atoms with Gasteiger partial charge in [-0.25, -0.2) is 0 Å². The number of nitrogens with zero attached hydrogens (tertiary/aromatic N) is 3. The standard InChI is InChI=1S/C11H15N3O2/c1-2-9-3-4-10(13-12-9)14-6-5-8(7-14)11(15)16/h3-4,8H,2,5-7H2,1H3,(H,15,16). The van der Waals surface area contributed by atoms with Crippen LogP contribution in [0.1, 0.15) is 19.0 Å². The van der Waals surface area contributed by atoms with Gasteiger partial charge in [0.2, 0.25) is 0 Å². The van der Waals surface area contributed by atoms with E-state index in [9.17, 15) is 4.79 Å². The fraction of sp³-hybridized carbons (Fsp3) is 0.545. The summed E-state index contributed by atoms with van der Waals surface area (Å²) in [4.78, 5) is 12.8. The fourth-order valence-corrected chi connectivity index (χ4v) is 1.88. The zero-order valence-electron chi connectivity index (χ0n) is 9.26. The Morgan fingerprint density at radius 1 is 1.56 bits per heavy atom. The van der Waals surface area contributed by atoms with Crippen LogP contribution in [0.15, 0.2) is 12.1 Å². The molecule has 1 atom stereocenters. The van der Waals surface area contributed by atoms with Crippen LogP contribution in [-0.4, -0.2) is 34.4 Å². The third kappa shape index (κ3) is 2.13. The summed E-state index contributed by atoms with van der Waals surface area (Å²) in [6.07, 6.45) is 1.55. The fourth-order valence-electron chi connectivity index (χ4n) is 1.88. The topological polar surface area (TPSA) is 66.3 Å². The lowest BCUT2D eigenvalue weighted by Gasteiger charge is -2.15. The van der Waals surface area contributed by atoms with Crippen molar-refractivity contribution in [3.8, 4) is 0 Å². The summed E-state index contributed by atoms with van der Waals surface area (Å²) >= 11 is 0. The van der Waals surface area contributed by atoms with Crippen LogP contribution in [0.4, 0.5) is 5.82 Å². The van der Waals surface area contributed by atoms with Crippen molar-refractivity contribution in [3.05, 3.63) is 17.8 Å². The molecule has 2 rings (SSSR count). The molecular formula is C11H15N3O2. The Labute approximate surface area is 94.1 Å². The molecule has 1 aromatic rings. The van der Waals surface area contributed by atoms with Crippen molar-refractivity contribution in [2.75, 3.05) is 18.0 Å². The second-order valence-corrected chi connectivity index (χ2v) is 4.01. The molecule has 0 amide bonds. The lowest BCUT2D eigenvalue weighted by Crippen LogP contribution is -2.23. The highest BCUT2D eigenvalue weighted by Crippen LogP contribution is 2.21. The molecular weight excluding hydrogens is 206 g/mol. The molecule has 1 unspecified atom stereocenters. The second kappa shape index (κ2) is 4.47. The number of carbonyl (C=O) groups is 1. The quantitative estimate of drug-likeness (QED) is 0.823. The molecule has 2 heterocycles. The van der Waals surface area contributed by atoms with E-state index in [4.69, 9.17) is 5.11 Å². The molecule has 1 saturated heterocycles. The molecule has 0 spiro atoms. The predicted octanol–water partition coefficient (Wildman–Crippen LogP) is 0.950. The van der Waals surface area contributed by atoms with E-state index in [0.717, 1.165) is 24.5 Å². The first-order valence-electron chi connectivity index (χ1n) is 5.51. The van der Waals surface area contributed by atoms with Gasteiger partial charge in [0.05, 0.1) is 11.6 Å². The molecule has 0 bridgehead atoms. The van der Waals surface area contributed by atoms with Crippen LogP contribution in [0, 0.1) is 5.92 Å². The van der Waals surface area contributed by atoms with Gasteiger partial charge in [-0.3, -0.25) is 4.79 Å². The van der Waals surface area contributed by atoms with Crippen LogP contribution in [-0.2, 0) is 11.2 Å². The summed E-state index contributed by atoms with van der Waals surface area (Å²) in [5.74, 6) is -0.214. The molecule has 0 aliphatic carbocycles. The van der Waals surface area contributed by atoms with Gasteiger partial charge in [0.25, 0.3) is 0 Å². The number of anilines is 1. The van der Waals surface area contributed by atoms with Gasteiger partial charge < -0.3 is 10.0 Å². The van der Waals surface area contributed by atoms with Gasteiger partial charge in [0.15, 0.2) is 5.82 Å². The zero-order valence-corrected chi connectivity index (χ0v) is 9.26. The lowest BCUT2D eigenvalue weighted by molar-refractivity contribution is -0.140. The number of aliphatic carboxylic acids is 1. The molecule has 86 valence electrons. The van der Waals surface area contributed by atoms with Crippen molar-refractivity contribution in [1.82, 2.24) is 10.2 Å². The first kappa shape index (κ1) is 10.9. The maximum atomic E-state index is 10.8. The first-order valence-corrected chi connectivity index (χ1v) is 5.51. The molecule has 1 aromatic heterocycles. The van der Waals surface area contributed by atoms with Crippen molar-refractivity contribution in [2.24, 2.45) is 5.92 Å². The summed E-state index contributed by atoms with van der Waals surface area (Å²) in [5, 5.41) is 17.1. The Kier molecular flexibility index (Phi) is 3.03. The Morgan fingerprint density at radius 2 is 2.38 bits per heavy atom. The molecule has 0 radical (unpaired) electrons. The molecule has 1 fully saturated rings. The van der Waals surface area contributed by atoms with Crippen LogP contribution >= 0.6 is 0 Å². The summed E-state index contributed by atoms with van der Waals surface area (Å²) in [5.41, 5.74) is 0.956. The van der Waals surface area contributed by atoms with Crippen molar-refractivity contribution >= 4 is 11.8 Å². The Morgan fingerprint density at radius 3 is 2.88 bits per heavy atom. The highest BCUT2D eigenvalue weighted by atomic mass is 16.4. The van der Waals surface area contributed by atoms with E-state index in [1.54, 1.807) is 0 Å². The number of carboxylic acids is 1. The molecule has 5 nitrogen and oxygen atoms in total. The van der Waals surface area contributed by atoms with Crippen molar-refractivity contribution < 1.29 is 9.90 Å². The minimum absolute atomic E-state index is 0.271. The van der Waals surface area contributed by atoms with Crippen LogP contribution in [0.25, 0.3) is 0 Å². The van der Waals surface area contributed by atoms with E-state index in [0.29, 0.717) is 13.0 Å². The van der Waals surface area contributed by atoms with E-state index in [2.05, 4.69) is 10.2 Å². The van der Waals surface area contributed by atoms with Crippen LogP contribution in [0.2, 0.25) is 0 Å². The van der Waals surface area contributed by atoms with Gasteiger partial charge >= 0.3 is 5.97 Å². The number of carboxylic acid groups (broad SMARTS) is 1.